The number of carbonyl (C=O) groups excluding carboxylic acids is 1. The predicted octanol–water partition coefficient (Wildman–Crippen LogP) is 3.23. The van der Waals surface area contributed by atoms with Gasteiger partial charge in [0.25, 0.3) is 11.6 Å². The molecule has 8 nitrogen and oxygen atoms in total. The number of nitrogens with zero attached hydrogens (tertiary/aromatic N) is 4. The number of hydrogen-bond donors (Lipinski definition) is 1. The molecule has 0 fully saturated rings. The molecule has 3 aromatic rings. The van der Waals surface area contributed by atoms with E-state index < -0.39 is 4.92 Å². The molecule has 0 unspecified atom stereocenters. The lowest BCUT2D eigenvalue weighted by Gasteiger charge is -2.09. The average Bonchev–Trinajstić information content (AvgIpc) is 3.12. The Bertz CT molecular complexity index is 899. The molecule has 0 bridgehead atoms. The largest absolute Gasteiger partial charge is 0.296 e. The molecule has 2 heterocycles. The van der Waals surface area contributed by atoms with Gasteiger partial charge in [-0.3, -0.25) is 24.9 Å². The van der Waals surface area contributed by atoms with Gasteiger partial charge in [0.2, 0.25) is 0 Å². The van der Waals surface area contributed by atoms with E-state index in [-0.39, 0.29) is 17.6 Å². The normalized spacial score (nSPS) is 11.1. The number of benzene rings is 1. The first-order chi connectivity index (χ1) is 11.0. The SMILES string of the molecule is CC(C)n1nccc1C(=O)Nc1nc2ccc([N+](=O)[O-])cc2s1. The summed E-state index contributed by atoms with van der Waals surface area (Å²) in [4.78, 5) is 26.9. The second kappa shape index (κ2) is 5.76. The molecule has 0 saturated heterocycles. The molecule has 0 atom stereocenters. The van der Waals surface area contributed by atoms with E-state index in [1.54, 1.807) is 23.0 Å². The van der Waals surface area contributed by atoms with Crippen LogP contribution in [0.2, 0.25) is 0 Å². The predicted molar refractivity (Wildman–Crippen MR) is 86.8 cm³/mol. The summed E-state index contributed by atoms with van der Waals surface area (Å²) >= 11 is 1.19. The number of rotatable bonds is 4. The Balaban J connectivity index is 1.87. The Hall–Kier alpha value is -2.81. The molecule has 0 aliphatic rings. The van der Waals surface area contributed by atoms with E-state index in [9.17, 15) is 14.9 Å². The molecular weight excluding hydrogens is 318 g/mol. The van der Waals surface area contributed by atoms with Crippen molar-refractivity contribution in [1.29, 1.82) is 0 Å². The maximum absolute atomic E-state index is 12.3. The highest BCUT2D eigenvalue weighted by atomic mass is 32.1. The Morgan fingerprint density at radius 1 is 1.39 bits per heavy atom. The van der Waals surface area contributed by atoms with Crippen molar-refractivity contribution in [1.82, 2.24) is 14.8 Å². The molecule has 3 rings (SSSR count). The van der Waals surface area contributed by atoms with Gasteiger partial charge in [0, 0.05) is 24.4 Å². The third kappa shape index (κ3) is 2.90. The minimum absolute atomic E-state index is 0.00286. The summed E-state index contributed by atoms with van der Waals surface area (Å²) in [6.45, 7) is 3.86. The van der Waals surface area contributed by atoms with Gasteiger partial charge in [-0.1, -0.05) is 11.3 Å². The zero-order chi connectivity index (χ0) is 16.6. The fraction of sp³-hybridized carbons (Fsp3) is 0.214. The van der Waals surface area contributed by atoms with E-state index in [1.807, 2.05) is 13.8 Å². The highest BCUT2D eigenvalue weighted by molar-refractivity contribution is 7.22. The quantitative estimate of drug-likeness (QED) is 0.584. The van der Waals surface area contributed by atoms with Gasteiger partial charge >= 0.3 is 0 Å². The van der Waals surface area contributed by atoms with Gasteiger partial charge in [-0.2, -0.15) is 5.10 Å². The standard InChI is InChI=1S/C14H13N5O3S/c1-8(2)18-11(5-6-15-18)13(20)17-14-16-10-4-3-9(19(21)22)7-12(10)23-14/h3-8H,1-2H3,(H,16,17,20). The van der Waals surface area contributed by atoms with E-state index in [0.29, 0.717) is 21.0 Å². The maximum atomic E-state index is 12.3. The number of fused-ring (bicyclic) bond motifs is 1. The van der Waals surface area contributed by atoms with Gasteiger partial charge in [0.05, 0.1) is 15.1 Å². The number of amides is 1. The summed E-state index contributed by atoms with van der Waals surface area (Å²) in [5.41, 5.74) is 1.04. The summed E-state index contributed by atoms with van der Waals surface area (Å²) in [5.74, 6) is -0.315. The fourth-order valence-electron chi connectivity index (χ4n) is 2.15. The van der Waals surface area contributed by atoms with Crippen molar-refractivity contribution < 1.29 is 9.72 Å². The van der Waals surface area contributed by atoms with E-state index in [2.05, 4.69) is 15.4 Å². The smallest absolute Gasteiger partial charge is 0.275 e. The number of nitro benzene ring substituents is 1. The molecule has 2 aromatic heterocycles. The molecule has 0 aliphatic carbocycles. The summed E-state index contributed by atoms with van der Waals surface area (Å²) in [7, 11) is 0. The van der Waals surface area contributed by atoms with Crippen LogP contribution in [0.4, 0.5) is 10.8 Å². The molecule has 118 valence electrons. The minimum Gasteiger partial charge on any atom is -0.296 e. The minimum atomic E-state index is -0.460. The number of hydrogen-bond acceptors (Lipinski definition) is 6. The third-order valence-electron chi connectivity index (χ3n) is 3.20. The van der Waals surface area contributed by atoms with Crippen LogP contribution in [0.25, 0.3) is 10.2 Å². The average molecular weight is 331 g/mol. The van der Waals surface area contributed by atoms with Crippen LogP contribution in [0, 0.1) is 10.1 Å². The Kier molecular flexibility index (Phi) is 3.78. The highest BCUT2D eigenvalue weighted by Crippen LogP contribution is 2.29. The topological polar surface area (TPSA) is 103 Å². The van der Waals surface area contributed by atoms with E-state index in [0.717, 1.165) is 0 Å². The monoisotopic (exact) mass is 331 g/mol. The lowest BCUT2D eigenvalue weighted by Crippen LogP contribution is -2.18. The number of aromatic nitrogens is 3. The van der Waals surface area contributed by atoms with Crippen molar-refractivity contribution in [3.63, 3.8) is 0 Å². The molecule has 0 saturated carbocycles. The van der Waals surface area contributed by atoms with E-state index >= 15 is 0 Å². The maximum Gasteiger partial charge on any atom is 0.275 e. The second-order valence-electron chi connectivity index (χ2n) is 5.14. The van der Waals surface area contributed by atoms with Crippen LogP contribution in [0.5, 0.6) is 0 Å². The van der Waals surface area contributed by atoms with Crippen molar-refractivity contribution in [2.45, 2.75) is 19.9 Å². The van der Waals surface area contributed by atoms with Crippen LogP contribution in [-0.4, -0.2) is 25.6 Å². The van der Waals surface area contributed by atoms with Crippen LogP contribution in [-0.2, 0) is 0 Å². The molecule has 0 aliphatic heterocycles. The van der Waals surface area contributed by atoms with E-state index in [1.165, 1.54) is 23.5 Å². The molecule has 1 N–H and O–H groups in total. The Labute approximate surface area is 134 Å². The van der Waals surface area contributed by atoms with Crippen LogP contribution in [0.1, 0.15) is 30.4 Å². The molecule has 1 aromatic carbocycles. The molecular formula is C14H13N5O3S. The van der Waals surface area contributed by atoms with Crippen molar-refractivity contribution in [3.05, 3.63) is 46.3 Å². The highest BCUT2D eigenvalue weighted by Gasteiger charge is 2.16. The van der Waals surface area contributed by atoms with Gasteiger partial charge in [-0.15, -0.1) is 0 Å². The Morgan fingerprint density at radius 2 is 2.17 bits per heavy atom. The van der Waals surface area contributed by atoms with Gasteiger partial charge < -0.3 is 0 Å². The van der Waals surface area contributed by atoms with Crippen molar-refractivity contribution in [2.75, 3.05) is 5.32 Å². The van der Waals surface area contributed by atoms with Gasteiger partial charge in [-0.05, 0) is 26.0 Å². The number of thiazole rings is 1. The summed E-state index contributed by atoms with van der Waals surface area (Å²) in [6, 6.07) is 6.09. The fourth-order valence-corrected chi connectivity index (χ4v) is 3.04. The summed E-state index contributed by atoms with van der Waals surface area (Å²) in [6.07, 6.45) is 1.57. The zero-order valence-electron chi connectivity index (χ0n) is 12.4. The lowest BCUT2D eigenvalue weighted by atomic mass is 10.3. The first-order valence-corrected chi connectivity index (χ1v) is 7.67. The number of nitrogens with one attached hydrogen (secondary N) is 1. The molecule has 23 heavy (non-hydrogen) atoms. The number of nitro groups is 1. The van der Waals surface area contributed by atoms with Crippen molar-refractivity contribution in [2.24, 2.45) is 0 Å². The van der Waals surface area contributed by atoms with Crippen LogP contribution < -0.4 is 5.32 Å². The Morgan fingerprint density at radius 3 is 2.87 bits per heavy atom. The first-order valence-electron chi connectivity index (χ1n) is 6.85. The van der Waals surface area contributed by atoms with Crippen molar-refractivity contribution >= 4 is 38.3 Å². The zero-order valence-corrected chi connectivity index (χ0v) is 13.2. The van der Waals surface area contributed by atoms with Crippen LogP contribution in [0.15, 0.2) is 30.5 Å². The van der Waals surface area contributed by atoms with Gasteiger partial charge in [0.15, 0.2) is 5.13 Å². The van der Waals surface area contributed by atoms with Gasteiger partial charge in [0.1, 0.15) is 5.69 Å². The number of carbonyl (C=O) groups is 1. The molecule has 0 spiro atoms. The number of non-ortho nitro benzene ring substituents is 1. The lowest BCUT2D eigenvalue weighted by molar-refractivity contribution is -0.384. The van der Waals surface area contributed by atoms with Crippen molar-refractivity contribution in [3.8, 4) is 0 Å². The summed E-state index contributed by atoms with van der Waals surface area (Å²) < 4.78 is 2.26. The van der Waals surface area contributed by atoms with Crippen LogP contribution in [0.3, 0.4) is 0 Å². The summed E-state index contributed by atoms with van der Waals surface area (Å²) in [5, 5.41) is 18.0. The van der Waals surface area contributed by atoms with Gasteiger partial charge in [-0.25, -0.2) is 4.98 Å². The molecule has 1 amide bonds. The van der Waals surface area contributed by atoms with E-state index in [4.69, 9.17) is 0 Å². The third-order valence-corrected chi connectivity index (χ3v) is 4.13. The second-order valence-corrected chi connectivity index (χ2v) is 6.17. The number of anilines is 1. The molecule has 9 heteroatoms. The molecule has 0 radical (unpaired) electrons. The first kappa shape index (κ1) is 15.1. The van der Waals surface area contributed by atoms with Crippen LogP contribution >= 0.6 is 11.3 Å².